The van der Waals surface area contributed by atoms with Crippen LogP contribution in [0.4, 0.5) is 5.82 Å². The Morgan fingerprint density at radius 1 is 1.09 bits per heavy atom. The van der Waals surface area contributed by atoms with Crippen molar-refractivity contribution in [3.63, 3.8) is 0 Å². The van der Waals surface area contributed by atoms with Crippen molar-refractivity contribution in [1.29, 1.82) is 0 Å². The standard InChI is InChI=1S/C16H17N5O2/c1-22-14-5-10-12(6-15(14)23-2)18-9-20-16(10)21-4-3-11-13(7-21)19-8-17-11/h5-6,8-9H,3-4,7H2,1-2H3,(H,17,19). The molecule has 0 amide bonds. The van der Waals surface area contributed by atoms with E-state index in [1.54, 1.807) is 26.9 Å². The van der Waals surface area contributed by atoms with Gasteiger partial charge in [0.2, 0.25) is 0 Å². The van der Waals surface area contributed by atoms with Crippen LogP contribution in [0.15, 0.2) is 24.8 Å². The minimum atomic E-state index is 0.666. The van der Waals surface area contributed by atoms with E-state index in [-0.39, 0.29) is 0 Å². The number of benzene rings is 1. The summed E-state index contributed by atoms with van der Waals surface area (Å²) in [5, 5.41) is 0.952. The summed E-state index contributed by atoms with van der Waals surface area (Å²) in [6, 6.07) is 3.82. The van der Waals surface area contributed by atoms with Gasteiger partial charge in [-0.25, -0.2) is 15.0 Å². The second-order valence-electron chi connectivity index (χ2n) is 5.42. The van der Waals surface area contributed by atoms with Crippen molar-refractivity contribution in [3.8, 4) is 11.5 Å². The van der Waals surface area contributed by atoms with Gasteiger partial charge in [0.15, 0.2) is 11.5 Å². The summed E-state index contributed by atoms with van der Waals surface area (Å²) in [4.78, 5) is 18.6. The van der Waals surface area contributed by atoms with E-state index in [0.29, 0.717) is 11.5 Å². The Kier molecular flexibility index (Phi) is 3.25. The minimum absolute atomic E-state index is 0.666. The van der Waals surface area contributed by atoms with Crippen LogP contribution in [-0.4, -0.2) is 40.7 Å². The summed E-state index contributed by atoms with van der Waals surface area (Å²) in [6.07, 6.45) is 4.24. The maximum absolute atomic E-state index is 5.42. The molecule has 0 saturated heterocycles. The summed E-state index contributed by atoms with van der Waals surface area (Å²) in [5.74, 6) is 2.24. The van der Waals surface area contributed by atoms with E-state index in [4.69, 9.17) is 9.47 Å². The third kappa shape index (κ3) is 2.25. The van der Waals surface area contributed by atoms with Crippen LogP contribution < -0.4 is 14.4 Å². The van der Waals surface area contributed by atoms with Gasteiger partial charge in [-0.3, -0.25) is 0 Å². The zero-order chi connectivity index (χ0) is 15.8. The molecule has 0 radical (unpaired) electrons. The molecule has 0 bridgehead atoms. The highest BCUT2D eigenvalue weighted by molar-refractivity contribution is 5.92. The van der Waals surface area contributed by atoms with Gasteiger partial charge < -0.3 is 19.4 Å². The summed E-state index contributed by atoms with van der Waals surface area (Å²) < 4.78 is 10.8. The van der Waals surface area contributed by atoms with Crippen LogP contribution in [0.5, 0.6) is 11.5 Å². The van der Waals surface area contributed by atoms with Crippen molar-refractivity contribution >= 4 is 16.7 Å². The lowest BCUT2D eigenvalue weighted by Gasteiger charge is -2.28. The number of nitrogens with zero attached hydrogens (tertiary/aromatic N) is 4. The van der Waals surface area contributed by atoms with Gasteiger partial charge in [-0.1, -0.05) is 0 Å². The highest BCUT2D eigenvalue weighted by Gasteiger charge is 2.22. The van der Waals surface area contributed by atoms with Crippen molar-refractivity contribution in [2.24, 2.45) is 0 Å². The molecular weight excluding hydrogens is 294 g/mol. The number of rotatable bonds is 3. The van der Waals surface area contributed by atoms with E-state index in [1.165, 1.54) is 0 Å². The molecule has 0 saturated carbocycles. The number of imidazole rings is 1. The second kappa shape index (κ2) is 5.42. The third-order valence-electron chi connectivity index (χ3n) is 4.19. The zero-order valence-electron chi connectivity index (χ0n) is 13.0. The van der Waals surface area contributed by atoms with E-state index in [2.05, 4.69) is 24.8 Å². The number of hydrogen-bond acceptors (Lipinski definition) is 6. The third-order valence-corrected chi connectivity index (χ3v) is 4.19. The molecule has 3 aromatic rings. The fourth-order valence-electron chi connectivity index (χ4n) is 3.01. The summed E-state index contributed by atoms with van der Waals surface area (Å²) >= 11 is 0. The molecule has 0 fully saturated rings. The fourth-order valence-corrected chi connectivity index (χ4v) is 3.01. The monoisotopic (exact) mass is 311 g/mol. The number of anilines is 1. The SMILES string of the molecule is COc1cc2ncnc(N3CCc4nc[nH]c4C3)c2cc1OC. The van der Waals surface area contributed by atoms with Gasteiger partial charge in [0.1, 0.15) is 12.1 Å². The molecule has 0 spiro atoms. The number of aromatic amines is 1. The molecule has 1 aliphatic rings. The number of methoxy groups -OCH3 is 2. The Morgan fingerprint density at radius 2 is 1.91 bits per heavy atom. The molecule has 1 N–H and O–H groups in total. The van der Waals surface area contributed by atoms with Crippen LogP contribution in [0.1, 0.15) is 11.4 Å². The highest BCUT2D eigenvalue weighted by Crippen LogP contribution is 2.35. The minimum Gasteiger partial charge on any atom is -0.493 e. The number of nitrogens with one attached hydrogen (secondary N) is 1. The first-order chi connectivity index (χ1) is 11.3. The molecule has 118 valence electrons. The van der Waals surface area contributed by atoms with Crippen LogP contribution in [0.25, 0.3) is 10.9 Å². The first-order valence-electron chi connectivity index (χ1n) is 7.43. The van der Waals surface area contributed by atoms with Crippen LogP contribution in [0.2, 0.25) is 0 Å². The van der Waals surface area contributed by atoms with E-state index in [0.717, 1.165) is 47.6 Å². The van der Waals surface area contributed by atoms with Crippen molar-refractivity contribution < 1.29 is 9.47 Å². The highest BCUT2D eigenvalue weighted by atomic mass is 16.5. The average Bonchev–Trinajstić information content (AvgIpc) is 3.07. The van der Waals surface area contributed by atoms with Crippen LogP contribution >= 0.6 is 0 Å². The molecule has 1 aliphatic heterocycles. The normalized spacial score (nSPS) is 13.9. The van der Waals surface area contributed by atoms with Crippen molar-refractivity contribution in [1.82, 2.24) is 19.9 Å². The van der Waals surface area contributed by atoms with Crippen LogP contribution in [0, 0.1) is 0 Å². The van der Waals surface area contributed by atoms with E-state index in [9.17, 15) is 0 Å². The molecule has 0 atom stereocenters. The molecule has 4 rings (SSSR count). The summed E-state index contributed by atoms with van der Waals surface area (Å²) in [6.45, 7) is 1.63. The number of hydrogen-bond donors (Lipinski definition) is 1. The molecule has 0 unspecified atom stereocenters. The number of aromatic nitrogens is 4. The number of ether oxygens (including phenoxy) is 2. The molecule has 2 aromatic heterocycles. The van der Waals surface area contributed by atoms with Crippen molar-refractivity contribution in [3.05, 3.63) is 36.2 Å². The lowest BCUT2D eigenvalue weighted by Crippen LogP contribution is -2.31. The number of H-pyrrole nitrogens is 1. The van der Waals surface area contributed by atoms with Gasteiger partial charge in [0, 0.05) is 24.4 Å². The average molecular weight is 311 g/mol. The smallest absolute Gasteiger partial charge is 0.162 e. The molecule has 0 aliphatic carbocycles. The number of fused-ring (bicyclic) bond motifs is 2. The summed E-state index contributed by atoms with van der Waals surface area (Å²) in [7, 11) is 3.25. The van der Waals surface area contributed by atoms with Crippen molar-refractivity contribution in [2.75, 3.05) is 25.7 Å². The first kappa shape index (κ1) is 13.8. The van der Waals surface area contributed by atoms with E-state index >= 15 is 0 Å². The first-order valence-corrected chi connectivity index (χ1v) is 7.43. The second-order valence-corrected chi connectivity index (χ2v) is 5.42. The maximum atomic E-state index is 5.42. The van der Waals surface area contributed by atoms with Gasteiger partial charge in [0.05, 0.1) is 44.0 Å². The van der Waals surface area contributed by atoms with Gasteiger partial charge in [-0.15, -0.1) is 0 Å². The predicted octanol–water partition coefficient (Wildman–Crippen LogP) is 1.93. The van der Waals surface area contributed by atoms with E-state index < -0.39 is 0 Å². The quantitative estimate of drug-likeness (QED) is 0.796. The predicted molar refractivity (Wildman–Crippen MR) is 86.0 cm³/mol. The van der Waals surface area contributed by atoms with Crippen molar-refractivity contribution in [2.45, 2.75) is 13.0 Å². The van der Waals surface area contributed by atoms with Gasteiger partial charge in [0.25, 0.3) is 0 Å². The molecular formula is C16H17N5O2. The lowest BCUT2D eigenvalue weighted by molar-refractivity contribution is 0.356. The zero-order valence-corrected chi connectivity index (χ0v) is 13.0. The maximum Gasteiger partial charge on any atom is 0.162 e. The van der Waals surface area contributed by atoms with Gasteiger partial charge >= 0.3 is 0 Å². The van der Waals surface area contributed by atoms with E-state index in [1.807, 2.05) is 12.1 Å². The van der Waals surface area contributed by atoms with Crippen LogP contribution in [-0.2, 0) is 13.0 Å². The Morgan fingerprint density at radius 3 is 2.74 bits per heavy atom. The Balaban J connectivity index is 1.81. The molecule has 7 heteroatoms. The largest absolute Gasteiger partial charge is 0.493 e. The topological polar surface area (TPSA) is 76.2 Å². The molecule has 1 aromatic carbocycles. The summed E-state index contributed by atoms with van der Waals surface area (Å²) in [5.41, 5.74) is 3.12. The van der Waals surface area contributed by atoms with Gasteiger partial charge in [-0.2, -0.15) is 0 Å². The Labute approximate surface area is 133 Å². The lowest BCUT2D eigenvalue weighted by atomic mass is 10.1. The van der Waals surface area contributed by atoms with Crippen LogP contribution in [0.3, 0.4) is 0 Å². The molecule has 3 heterocycles. The Bertz CT molecular complexity index is 861. The Hall–Kier alpha value is -2.83. The van der Waals surface area contributed by atoms with Gasteiger partial charge in [-0.05, 0) is 6.07 Å². The molecule has 7 nitrogen and oxygen atoms in total. The molecule has 23 heavy (non-hydrogen) atoms. The fraction of sp³-hybridized carbons (Fsp3) is 0.312.